The molecule has 0 aromatic rings. The molecule has 1 rings (SSSR count). The predicted octanol–water partition coefficient (Wildman–Crippen LogP) is 1.18. The molecule has 1 aliphatic heterocycles. The zero-order valence-corrected chi connectivity index (χ0v) is 11.2. The van der Waals surface area contributed by atoms with E-state index in [9.17, 15) is 4.79 Å². The van der Waals surface area contributed by atoms with Gasteiger partial charge in [0.15, 0.2) is 0 Å². The quantitative estimate of drug-likeness (QED) is 0.559. The van der Waals surface area contributed by atoms with Gasteiger partial charge in [0.05, 0.1) is 7.11 Å². The number of esters is 1. The van der Waals surface area contributed by atoms with Gasteiger partial charge in [0, 0.05) is 24.7 Å². The molecule has 1 fully saturated rings. The van der Waals surface area contributed by atoms with Gasteiger partial charge in [-0.05, 0) is 39.8 Å². The molecule has 17 heavy (non-hydrogen) atoms. The van der Waals surface area contributed by atoms with Gasteiger partial charge in [-0.2, -0.15) is 0 Å². The molecule has 1 atom stereocenters. The number of carbonyl (C=O) groups excluding carboxylic acids is 1. The average molecular weight is 240 g/mol. The van der Waals surface area contributed by atoms with Crippen molar-refractivity contribution in [1.82, 2.24) is 10.2 Å². The molecule has 1 N–H and O–H groups in total. The number of nitrogens with zero attached hydrogens (tertiary/aromatic N) is 1. The van der Waals surface area contributed by atoms with E-state index in [0.717, 1.165) is 13.1 Å². The van der Waals surface area contributed by atoms with Crippen molar-refractivity contribution in [3.63, 3.8) is 0 Å². The maximum atomic E-state index is 11.1. The predicted molar refractivity (Wildman–Crippen MR) is 68.9 cm³/mol. The first-order valence-electron chi connectivity index (χ1n) is 6.34. The second-order valence-electron chi connectivity index (χ2n) is 4.70. The summed E-state index contributed by atoms with van der Waals surface area (Å²) in [6.07, 6.45) is 4.54. The highest BCUT2D eigenvalue weighted by Crippen LogP contribution is 2.07. The summed E-state index contributed by atoms with van der Waals surface area (Å²) in [5.74, 6) is -0.251. The van der Waals surface area contributed by atoms with Gasteiger partial charge < -0.3 is 15.0 Å². The van der Waals surface area contributed by atoms with Gasteiger partial charge in [0.2, 0.25) is 0 Å². The minimum atomic E-state index is -0.251. The second-order valence-corrected chi connectivity index (χ2v) is 4.70. The zero-order valence-electron chi connectivity index (χ0n) is 11.2. The lowest BCUT2D eigenvalue weighted by Gasteiger charge is -2.20. The Labute approximate surface area is 104 Å². The summed E-state index contributed by atoms with van der Waals surface area (Å²) in [6.45, 7) is 8.21. The molecule has 1 aliphatic rings. The van der Waals surface area contributed by atoms with Gasteiger partial charge in [-0.1, -0.05) is 6.08 Å². The van der Waals surface area contributed by atoms with E-state index in [2.05, 4.69) is 21.9 Å². The number of hydrogen-bond acceptors (Lipinski definition) is 4. The number of carbonyl (C=O) groups is 1. The number of rotatable bonds is 6. The van der Waals surface area contributed by atoms with E-state index >= 15 is 0 Å². The zero-order chi connectivity index (χ0) is 12.7. The Morgan fingerprint density at radius 3 is 2.71 bits per heavy atom. The highest BCUT2D eigenvalue weighted by Gasteiger charge is 2.13. The molecule has 0 aliphatic carbocycles. The second kappa shape index (κ2) is 7.45. The van der Waals surface area contributed by atoms with Gasteiger partial charge in [-0.25, -0.2) is 4.79 Å². The maximum Gasteiger partial charge on any atom is 0.333 e. The smallest absolute Gasteiger partial charge is 0.333 e. The molecule has 98 valence electrons. The molecule has 0 radical (unpaired) electrons. The van der Waals surface area contributed by atoms with E-state index in [1.54, 1.807) is 6.92 Å². The number of ether oxygens (including phenoxy) is 1. The van der Waals surface area contributed by atoms with Crippen molar-refractivity contribution in [1.29, 1.82) is 0 Å². The van der Waals surface area contributed by atoms with Crippen LogP contribution in [-0.4, -0.2) is 50.2 Å². The standard InChI is InChI=1S/C13H24N2O2/c1-11(13(16)17-3)6-7-14-12(2)10-15-8-4-5-9-15/h6,12,14H,4-5,7-10H2,1-3H3. The number of nitrogens with one attached hydrogen (secondary N) is 1. The van der Waals surface area contributed by atoms with E-state index in [4.69, 9.17) is 0 Å². The molecule has 0 aromatic carbocycles. The molecule has 0 aromatic heterocycles. The lowest BCUT2D eigenvalue weighted by molar-refractivity contribution is -0.136. The average Bonchev–Trinajstić information content (AvgIpc) is 2.80. The molecule has 4 heteroatoms. The van der Waals surface area contributed by atoms with Crippen LogP contribution >= 0.6 is 0 Å². The summed E-state index contributed by atoms with van der Waals surface area (Å²) in [7, 11) is 1.41. The van der Waals surface area contributed by atoms with Crippen molar-refractivity contribution < 1.29 is 9.53 Å². The van der Waals surface area contributed by atoms with Crippen molar-refractivity contribution >= 4 is 5.97 Å². The van der Waals surface area contributed by atoms with Crippen LogP contribution in [0.1, 0.15) is 26.7 Å². The Hall–Kier alpha value is -0.870. The van der Waals surface area contributed by atoms with Crippen LogP contribution in [0, 0.1) is 0 Å². The Balaban J connectivity index is 2.18. The molecule has 0 amide bonds. The van der Waals surface area contributed by atoms with Gasteiger partial charge in [-0.3, -0.25) is 0 Å². The Bertz CT molecular complexity index is 271. The number of likely N-dealkylation sites (tertiary alicyclic amines) is 1. The summed E-state index contributed by atoms with van der Waals surface area (Å²) in [5, 5.41) is 3.39. The van der Waals surface area contributed by atoms with Crippen LogP contribution in [0.4, 0.5) is 0 Å². The third-order valence-corrected chi connectivity index (χ3v) is 3.11. The van der Waals surface area contributed by atoms with Gasteiger partial charge >= 0.3 is 5.97 Å². The van der Waals surface area contributed by atoms with E-state index in [0.29, 0.717) is 11.6 Å². The fraction of sp³-hybridized carbons (Fsp3) is 0.769. The highest BCUT2D eigenvalue weighted by atomic mass is 16.5. The van der Waals surface area contributed by atoms with Crippen LogP contribution in [0.2, 0.25) is 0 Å². The monoisotopic (exact) mass is 240 g/mol. The van der Waals surface area contributed by atoms with Crippen molar-refractivity contribution in [3.8, 4) is 0 Å². The van der Waals surface area contributed by atoms with Crippen molar-refractivity contribution in [2.75, 3.05) is 33.3 Å². The fourth-order valence-electron chi connectivity index (χ4n) is 2.07. The Morgan fingerprint density at radius 2 is 2.12 bits per heavy atom. The topological polar surface area (TPSA) is 41.6 Å². The van der Waals surface area contributed by atoms with Crippen LogP contribution < -0.4 is 5.32 Å². The Kier molecular flexibility index (Phi) is 6.22. The third-order valence-electron chi connectivity index (χ3n) is 3.11. The van der Waals surface area contributed by atoms with Crippen LogP contribution in [0.3, 0.4) is 0 Å². The van der Waals surface area contributed by atoms with Crippen molar-refractivity contribution in [2.24, 2.45) is 0 Å². The molecule has 1 saturated heterocycles. The first-order valence-corrected chi connectivity index (χ1v) is 6.34. The van der Waals surface area contributed by atoms with Gasteiger partial charge in [-0.15, -0.1) is 0 Å². The largest absolute Gasteiger partial charge is 0.466 e. The summed E-state index contributed by atoms with van der Waals surface area (Å²) in [5.41, 5.74) is 0.661. The molecule has 1 unspecified atom stereocenters. The van der Waals surface area contributed by atoms with Gasteiger partial charge in [0.1, 0.15) is 0 Å². The first kappa shape index (κ1) is 14.2. The summed E-state index contributed by atoms with van der Waals surface area (Å²) < 4.78 is 4.63. The molecular formula is C13H24N2O2. The first-order chi connectivity index (χ1) is 8.13. The molecule has 0 bridgehead atoms. The van der Waals surface area contributed by atoms with Crippen LogP contribution in [-0.2, 0) is 9.53 Å². The SMILES string of the molecule is COC(=O)C(C)=CCNC(C)CN1CCCC1. The number of methoxy groups -OCH3 is 1. The number of hydrogen-bond donors (Lipinski definition) is 1. The summed E-state index contributed by atoms with van der Waals surface area (Å²) >= 11 is 0. The summed E-state index contributed by atoms with van der Waals surface area (Å²) in [6, 6.07) is 0.454. The van der Waals surface area contributed by atoms with Gasteiger partial charge in [0.25, 0.3) is 0 Å². The Morgan fingerprint density at radius 1 is 1.47 bits per heavy atom. The minimum Gasteiger partial charge on any atom is -0.466 e. The lowest BCUT2D eigenvalue weighted by Crippen LogP contribution is -2.38. The fourth-order valence-corrected chi connectivity index (χ4v) is 2.07. The normalized spacial score (nSPS) is 19.4. The molecule has 4 nitrogen and oxygen atoms in total. The van der Waals surface area contributed by atoms with Crippen molar-refractivity contribution in [2.45, 2.75) is 32.7 Å². The van der Waals surface area contributed by atoms with Crippen LogP contribution in [0.15, 0.2) is 11.6 Å². The van der Waals surface area contributed by atoms with Crippen LogP contribution in [0.5, 0.6) is 0 Å². The van der Waals surface area contributed by atoms with Crippen molar-refractivity contribution in [3.05, 3.63) is 11.6 Å². The maximum absolute atomic E-state index is 11.1. The molecule has 0 saturated carbocycles. The highest BCUT2D eigenvalue weighted by molar-refractivity contribution is 5.87. The van der Waals surface area contributed by atoms with Crippen LogP contribution in [0.25, 0.3) is 0 Å². The molecule has 1 heterocycles. The molecular weight excluding hydrogens is 216 g/mol. The van der Waals surface area contributed by atoms with E-state index in [-0.39, 0.29) is 5.97 Å². The van der Waals surface area contributed by atoms with E-state index < -0.39 is 0 Å². The molecule has 0 spiro atoms. The third kappa shape index (κ3) is 5.33. The van der Waals surface area contributed by atoms with E-state index in [1.165, 1.54) is 33.0 Å². The van der Waals surface area contributed by atoms with E-state index in [1.807, 2.05) is 6.08 Å². The minimum absolute atomic E-state index is 0.251. The summed E-state index contributed by atoms with van der Waals surface area (Å²) in [4.78, 5) is 13.6. The lowest BCUT2D eigenvalue weighted by atomic mass is 10.2.